The quantitative estimate of drug-likeness (QED) is 0.517. The predicted molar refractivity (Wildman–Crippen MR) is 79.2 cm³/mol. The van der Waals surface area contributed by atoms with Gasteiger partial charge in [-0.2, -0.15) is 5.26 Å². The molecule has 6 heteroatoms. The largest absolute Gasteiger partial charge is 0.465 e. The molecule has 1 aliphatic heterocycles. The van der Waals surface area contributed by atoms with Crippen LogP contribution in [0.3, 0.4) is 0 Å². The molecule has 1 unspecified atom stereocenters. The minimum Gasteiger partial charge on any atom is -0.465 e. The Morgan fingerprint density at radius 2 is 2.38 bits per heavy atom. The predicted octanol–water partition coefficient (Wildman–Crippen LogP) is -0.300. The zero-order chi connectivity index (χ0) is 15.7. The van der Waals surface area contributed by atoms with Crippen LogP contribution in [-0.2, 0) is 14.3 Å². The Morgan fingerprint density at radius 1 is 1.62 bits per heavy atom. The number of carbonyl (C=O) groups excluding carboxylic acids is 1. The van der Waals surface area contributed by atoms with Gasteiger partial charge in [-0.3, -0.25) is 9.79 Å². The molecule has 1 saturated heterocycles. The van der Waals surface area contributed by atoms with Crippen LogP contribution in [-0.4, -0.2) is 57.7 Å². The van der Waals surface area contributed by atoms with E-state index in [4.69, 9.17) is 14.7 Å². The average molecular weight is 296 g/mol. The topological polar surface area (TPSA) is 76.1 Å². The second kappa shape index (κ2) is 9.48. The first-order chi connectivity index (χ1) is 10.1. The number of carbonyl (C=O) groups is 1. The molecule has 0 aromatic heterocycles. The normalized spacial score (nSPS) is 24.0. The number of aliphatic imine (C=N–C) groups is 1. The van der Waals surface area contributed by atoms with Crippen LogP contribution in [0.25, 0.3) is 0 Å². The summed E-state index contributed by atoms with van der Waals surface area (Å²) in [5.41, 5.74) is 0. The van der Waals surface area contributed by atoms with E-state index in [9.17, 15) is 4.79 Å². The maximum Gasteiger partial charge on any atom is 0.328 e. The fourth-order valence-electron chi connectivity index (χ4n) is 2.40. The maximum atomic E-state index is 11.5. The molecule has 0 aromatic carbocycles. The second-order valence-electron chi connectivity index (χ2n) is 5.67. The van der Waals surface area contributed by atoms with Crippen molar-refractivity contribution in [2.75, 3.05) is 39.4 Å². The van der Waals surface area contributed by atoms with Crippen molar-refractivity contribution in [3.63, 3.8) is 0 Å². The van der Waals surface area contributed by atoms with E-state index in [2.05, 4.69) is 18.8 Å². The van der Waals surface area contributed by atoms with Crippen molar-refractivity contribution in [3.05, 3.63) is 0 Å². The number of hydrogen-bond acceptors (Lipinski definition) is 5. The highest BCUT2D eigenvalue weighted by molar-refractivity contribution is 5.92. The molecule has 0 aromatic rings. The highest BCUT2D eigenvalue weighted by Crippen LogP contribution is 1.98. The van der Waals surface area contributed by atoms with Crippen LogP contribution in [0.15, 0.2) is 4.99 Å². The van der Waals surface area contributed by atoms with E-state index in [1.54, 1.807) is 6.92 Å². The van der Waals surface area contributed by atoms with Crippen molar-refractivity contribution in [3.8, 4) is 6.07 Å². The number of ether oxygens (including phenoxy) is 2. The standard InChI is InChI=1S/C15H25N3O3/c1-4-20-15(19)13(7-16)8-17-9-14-11-18(5-6-21-14)10-12(2)3/h8,12-14H,4-6,9-11H2,1-3H3/p+1/t13-,14+/m1/s1. The molecule has 0 bridgehead atoms. The molecule has 1 heterocycles. The van der Waals surface area contributed by atoms with Gasteiger partial charge in [0.15, 0.2) is 5.92 Å². The van der Waals surface area contributed by atoms with Crippen molar-refractivity contribution < 1.29 is 19.2 Å². The highest BCUT2D eigenvalue weighted by Gasteiger charge is 2.24. The van der Waals surface area contributed by atoms with E-state index in [1.807, 2.05) is 6.07 Å². The first-order valence-corrected chi connectivity index (χ1v) is 7.58. The minimum atomic E-state index is -0.923. The molecule has 3 atom stereocenters. The Hall–Kier alpha value is -1.45. The van der Waals surface area contributed by atoms with Gasteiger partial charge in [0.05, 0.1) is 32.4 Å². The molecular weight excluding hydrogens is 270 g/mol. The van der Waals surface area contributed by atoms with E-state index in [-0.39, 0.29) is 12.7 Å². The molecule has 0 amide bonds. The molecule has 0 radical (unpaired) electrons. The van der Waals surface area contributed by atoms with Crippen LogP contribution in [0.2, 0.25) is 0 Å². The van der Waals surface area contributed by atoms with Gasteiger partial charge in [0.2, 0.25) is 0 Å². The second-order valence-corrected chi connectivity index (χ2v) is 5.67. The molecule has 1 aliphatic rings. The summed E-state index contributed by atoms with van der Waals surface area (Å²) < 4.78 is 10.5. The van der Waals surface area contributed by atoms with Crippen molar-refractivity contribution in [2.45, 2.75) is 26.9 Å². The fourth-order valence-corrected chi connectivity index (χ4v) is 2.40. The van der Waals surface area contributed by atoms with Gasteiger partial charge in [0.25, 0.3) is 0 Å². The van der Waals surface area contributed by atoms with Crippen LogP contribution in [0.1, 0.15) is 20.8 Å². The lowest BCUT2D eigenvalue weighted by molar-refractivity contribution is -0.914. The third-order valence-electron chi connectivity index (χ3n) is 3.27. The Labute approximate surface area is 126 Å². The monoisotopic (exact) mass is 296 g/mol. The zero-order valence-electron chi connectivity index (χ0n) is 13.2. The van der Waals surface area contributed by atoms with Gasteiger partial charge in [-0.15, -0.1) is 0 Å². The number of nitriles is 1. The molecule has 1 N–H and O–H groups in total. The summed E-state index contributed by atoms with van der Waals surface area (Å²) in [4.78, 5) is 17.2. The van der Waals surface area contributed by atoms with Gasteiger partial charge < -0.3 is 14.4 Å². The Bertz CT molecular complexity index is 390. The van der Waals surface area contributed by atoms with E-state index in [0.717, 1.165) is 26.2 Å². The number of nitrogens with one attached hydrogen (secondary N) is 1. The van der Waals surface area contributed by atoms with E-state index in [1.165, 1.54) is 11.1 Å². The maximum absolute atomic E-state index is 11.5. The average Bonchev–Trinajstić information content (AvgIpc) is 2.43. The number of rotatable bonds is 7. The summed E-state index contributed by atoms with van der Waals surface area (Å²) in [5.74, 6) is -0.804. The number of morpholine rings is 1. The van der Waals surface area contributed by atoms with Crippen LogP contribution in [0, 0.1) is 23.2 Å². The number of quaternary nitrogens is 1. The highest BCUT2D eigenvalue weighted by atomic mass is 16.5. The van der Waals surface area contributed by atoms with E-state index < -0.39 is 11.9 Å². The van der Waals surface area contributed by atoms with E-state index in [0.29, 0.717) is 12.5 Å². The third-order valence-corrected chi connectivity index (χ3v) is 3.27. The summed E-state index contributed by atoms with van der Waals surface area (Å²) in [5, 5.41) is 8.92. The van der Waals surface area contributed by atoms with Gasteiger partial charge in [-0.05, 0) is 6.92 Å². The minimum absolute atomic E-state index is 0.0605. The molecule has 0 spiro atoms. The first-order valence-electron chi connectivity index (χ1n) is 7.58. The lowest BCUT2D eigenvalue weighted by Gasteiger charge is -2.30. The summed E-state index contributed by atoms with van der Waals surface area (Å²) in [6, 6.07) is 1.89. The van der Waals surface area contributed by atoms with Crippen molar-refractivity contribution in [2.24, 2.45) is 16.8 Å². The summed E-state index contributed by atoms with van der Waals surface area (Å²) in [6.07, 6.45) is 1.43. The van der Waals surface area contributed by atoms with Gasteiger partial charge >= 0.3 is 5.97 Å². The Morgan fingerprint density at radius 3 is 3.00 bits per heavy atom. The third kappa shape index (κ3) is 6.69. The Balaban J connectivity index is 2.41. The van der Waals surface area contributed by atoms with Gasteiger partial charge in [0, 0.05) is 12.1 Å². The van der Waals surface area contributed by atoms with Crippen LogP contribution >= 0.6 is 0 Å². The van der Waals surface area contributed by atoms with Crippen molar-refractivity contribution in [1.29, 1.82) is 5.26 Å². The van der Waals surface area contributed by atoms with Crippen LogP contribution < -0.4 is 4.90 Å². The molecule has 0 aliphatic carbocycles. The van der Waals surface area contributed by atoms with Crippen molar-refractivity contribution >= 4 is 12.2 Å². The summed E-state index contributed by atoms with van der Waals surface area (Å²) in [7, 11) is 0. The lowest BCUT2D eigenvalue weighted by Crippen LogP contribution is -3.15. The molecule has 118 valence electrons. The smallest absolute Gasteiger partial charge is 0.328 e. The molecule has 1 fully saturated rings. The molecule has 21 heavy (non-hydrogen) atoms. The first kappa shape index (κ1) is 17.6. The van der Waals surface area contributed by atoms with Gasteiger partial charge in [0.1, 0.15) is 19.2 Å². The summed E-state index contributed by atoms with van der Waals surface area (Å²) in [6.45, 7) is 10.7. The number of esters is 1. The lowest BCUT2D eigenvalue weighted by atomic mass is 10.1. The molecule has 6 nitrogen and oxygen atoms in total. The zero-order valence-corrected chi connectivity index (χ0v) is 13.2. The van der Waals surface area contributed by atoms with E-state index >= 15 is 0 Å². The Kier molecular flexibility index (Phi) is 7.95. The van der Waals surface area contributed by atoms with Crippen LogP contribution in [0.4, 0.5) is 0 Å². The fraction of sp³-hybridized carbons (Fsp3) is 0.800. The van der Waals surface area contributed by atoms with Gasteiger partial charge in [-0.1, -0.05) is 13.8 Å². The number of hydrogen-bond donors (Lipinski definition) is 1. The summed E-state index contributed by atoms with van der Waals surface area (Å²) >= 11 is 0. The SMILES string of the molecule is CCOC(=O)[C@H](C#N)C=NC[C@H]1C[NH+](CC(C)C)CCO1. The number of nitrogens with zero attached hydrogens (tertiary/aromatic N) is 2. The van der Waals surface area contributed by atoms with Gasteiger partial charge in [-0.25, -0.2) is 0 Å². The molecular formula is C15H26N3O3+. The molecule has 0 saturated carbocycles. The van der Waals surface area contributed by atoms with Crippen molar-refractivity contribution in [1.82, 2.24) is 0 Å². The molecule has 1 rings (SSSR count). The van der Waals surface area contributed by atoms with Crippen LogP contribution in [0.5, 0.6) is 0 Å².